The number of rotatable bonds is 7. The summed E-state index contributed by atoms with van der Waals surface area (Å²) < 4.78 is 7.90. The van der Waals surface area contributed by atoms with Gasteiger partial charge in [0.05, 0.1) is 17.6 Å². The fraction of sp³-hybridized carbons (Fsp3) is 0.391. The van der Waals surface area contributed by atoms with Crippen LogP contribution in [0.25, 0.3) is 11.0 Å². The summed E-state index contributed by atoms with van der Waals surface area (Å²) in [5, 5.41) is 10.6. The predicted molar refractivity (Wildman–Crippen MR) is 116 cm³/mol. The fourth-order valence-electron chi connectivity index (χ4n) is 4.02. The highest BCUT2D eigenvalue weighted by Gasteiger charge is 2.24. The Balaban J connectivity index is 0.00000240. The number of nitrogens with zero attached hydrogens (tertiary/aromatic N) is 2. The Morgan fingerprint density at radius 3 is 2.55 bits per heavy atom. The van der Waals surface area contributed by atoms with Crippen LogP contribution in [0, 0.1) is 0 Å². The molecule has 2 aromatic carbocycles. The number of fused-ring (bicyclic) bond motifs is 1. The van der Waals surface area contributed by atoms with Crippen molar-refractivity contribution in [2.24, 2.45) is 0 Å². The second-order valence-corrected chi connectivity index (χ2v) is 7.60. The molecule has 5 nitrogen and oxygen atoms in total. The average Bonchev–Trinajstić information content (AvgIpc) is 3.35. The molecule has 4 rings (SSSR count). The Bertz CT molecular complexity index is 962. The molecule has 154 valence electrons. The number of para-hydroxylation sites is 2. The molecule has 1 aliphatic carbocycles. The number of ether oxygens (including phenoxy) is 1. The number of imidazole rings is 1. The van der Waals surface area contributed by atoms with Crippen LogP contribution in [0.15, 0.2) is 48.5 Å². The van der Waals surface area contributed by atoms with Crippen molar-refractivity contribution in [1.29, 1.82) is 0 Å². The summed E-state index contributed by atoms with van der Waals surface area (Å²) in [6.07, 6.45) is 4.17. The molecule has 0 amide bonds. The third-order valence-corrected chi connectivity index (χ3v) is 5.50. The first-order valence-electron chi connectivity index (χ1n) is 9.99. The first kappa shape index (κ1) is 21.3. The summed E-state index contributed by atoms with van der Waals surface area (Å²) in [5.41, 5.74) is 2.70. The second-order valence-electron chi connectivity index (χ2n) is 7.60. The maximum absolute atomic E-state index is 11.4. The standard InChI is InChI=1S/C23H26N2O3.ClH/c1-16(26)17-10-12-20(13-11-17)28-15-19(27)14-25-22-9-5-4-8-21(22)24-23(25)18-6-2-3-7-18;/h4-5,8-13,18-19,27H,2-3,6-7,14-15H2,1H3;1H. The third-order valence-electron chi connectivity index (χ3n) is 5.50. The lowest BCUT2D eigenvalue weighted by Crippen LogP contribution is -2.25. The first-order chi connectivity index (χ1) is 13.6. The van der Waals surface area contributed by atoms with Crippen LogP contribution < -0.4 is 4.74 Å². The Hall–Kier alpha value is -2.37. The van der Waals surface area contributed by atoms with Crippen LogP contribution in [-0.2, 0) is 6.54 Å². The number of Topliss-reactive ketones (excluding diaryl/α,β-unsaturated/α-hetero) is 1. The largest absolute Gasteiger partial charge is 0.491 e. The number of halogens is 1. The maximum atomic E-state index is 11.4. The van der Waals surface area contributed by atoms with E-state index in [0.29, 0.717) is 23.8 Å². The van der Waals surface area contributed by atoms with Gasteiger partial charge in [0, 0.05) is 11.5 Å². The molecule has 1 N–H and O–H groups in total. The van der Waals surface area contributed by atoms with Crippen molar-refractivity contribution in [3.05, 3.63) is 59.9 Å². The molecule has 1 fully saturated rings. The van der Waals surface area contributed by atoms with E-state index in [1.807, 2.05) is 18.2 Å². The number of carbonyl (C=O) groups is 1. The molecule has 1 saturated carbocycles. The van der Waals surface area contributed by atoms with Crippen LogP contribution in [0.5, 0.6) is 5.75 Å². The lowest BCUT2D eigenvalue weighted by atomic mass is 10.1. The van der Waals surface area contributed by atoms with Crippen molar-refractivity contribution < 1.29 is 14.6 Å². The van der Waals surface area contributed by atoms with E-state index in [9.17, 15) is 9.90 Å². The number of aliphatic hydroxyl groups is 1. The van der Waals surface area contributed by atoms with Gasteiger partial charge in [-0.05, 0) is 56.2 Å². The van der Waals surface area contributed by atoms with E-state index < -0.39 is 6.10 Å². The Labute approximate surface area is 177 Å². The second kappa shape index (κ2) is 9.42. The van der Waals surface area contributed by atoms with Gasteiger partial charge in [-0.3, -0.25) is 4.79 Å². The van der Waals surface area contributed by atoms with Gasteiger partial charge in [-0.2, -0.15) is 0 Å². The minimum absolute atomic E-state index is 0. The number of ketones is 1. The molecule has 1 aliphatic rings. The van der Waals surface area contributed by atoms with E-state index in [-0.39, 0.29) is 24.8 Å². The van der Waals surface area contributed by atoms with Gasteiger partial charge in [-0.15, -0.1) is 12.4 Å². The van der Waals surface area contributed by atoms with E-state index in [4.69, 9.17) is 9.72 Å². The van der Waals surface area contributed by atoms with Gasteiger partial charge in [0.25, 0.3) is 0 Å². The van der Waals surface area contributed by atoms with Gasteiger partial charge >= 0.3 is 0 Å². The van der Waals surface area contributed by atoms with Crippen molar-refractivity contribution in [2.45, 2.75) is 51.2 Å². The van der Waals surface area contributed by atoms with Crippen molar-refractivity contribution in [2.75, 3.05) is 6.61 Å². The third kappa shape index (κ3) is 4.80. The highest BCUT2D eigenvalue weighted by Crippen LogP contribution is 2.35. The minimum Gasteiger partial charge on any atom is -0.491 e. The number of benzene rings is 2. The molecule has 1 aromatic heterocycles. The molecule has 29 heavy (non-hydrogen) atoms. The number of carbonyl (C=O) groups excluding carboxylic acids is 1. The van der Waals surface area contributed by atoms with Crippen molar-refractivity contribution in [3.8, 4) is 5.75 Å². The molecule has 0 saturated heterocycles. The zero-order valence-electron chi connectivity index (χ0n) is 16.6. The van der Waals surface area contributed by atoms with E-state index in [2.05, 4.69) is 10.6 Å². The molecular formula is C23H27ClN2O3. The molecule has 1 unspecified atom stereocenters. The molecule has 0 aliphatic heterocycles. The Morgan fingerprint density at radius 2 is 1.86 bits per heavy atom. The molecule has 6 heteroatoms. The van der Waals surface area contributed by atoms with Crippen molar-refractivity contribution in [1.82, 2.24) is 9.55 Å². The van der Waals surface area contributed by atoms with Gasteiger partial charge in [0.1, 0.15) is 24.3 Å². The van der Waals surface area contributed by atoms with Gasteiger partial charge in [0.15, 0.2) is 5.78 Å². The SMILES string of the molecule is CC(=O)c1ccc(OCC(O)Cn2c(C3CCCC3)nc3ccccc32)cc1.Cl. The van der Waals surface area contributed by atoms with Crippen molar-refractivity contribution in [3.63, 3.8) is 0 Å². The smallest absolute Gasteiger partial charge is 0.159 e. The summed E-state index contributed by atoms with van der Waals surface area (Å²) >= 11 is 0. The van der Waals surface area contributed by atoms with E-state index in [0.717, 1.165) is 16.9 Å². The van der Waals surface area contributed by atoms with Crippen LogP contribution in [0.2, 0.25) is 0 Å². The summed E-state index contributed by atoms with van der Waals surface area (Å²) in [7, 11) is 0. The van der Waals surface area contributed by atoms with Crippen LogP contribution in [0.4, 0.5) is 0 Å². The van der Waals surface area contributed by atoms with Crippen LogP contribution in [0.3, 0.4) is 0 Å². The normalized spacial score (nSPS) is 15.2. The van der Waals surface area contributed by atoms with Gasteiger partial charge in [0.2, 0.25) is 0 Å². The summed E-state index contributed by atoms with van der Waals surface area (Å²) in [6, 6.07) is 15.1. The predicted octanol–water partition coefficient (Wildman–Crippen LogP) is 4.76. The van der Waals surface area contributed by atoms with E-state index in [1.165, 1.54) is 32.6 Å². The lowest BCUT2D eigenvalue weighted by Gasteiger charge is -2.18. The topological polar surface area (TPSA) is 64.3 Å². The lowest BCUT2D eigenvalue weighted by molar-refractivity contribution is 0.0923. The number of aromatic nitrogens is 2. The van der Waals surface area contributed by atoms with Gasteiger partial charge in [-0.25, -0.2) is 4.98 Å². The number of hydrogen-bond acceptors (Lipinski definition) is 4. The highest BCUT2D eigenvalue weighted by atomic mass is 35.5. The summed E-state index contributed by atoms with van der Waals surface area (Å²) in [6.45, 7) is 2.19. The number of aliphatic hydroxyl groups excluding tert-OH is 1. The first-order valence-corrected chi connectivity index (χ1v) is 9.99. The molecule has 1 heterocycles. The maximum Gasteiger partial charge on any atom is 0.159 e. The van der Waals surface area contributed by atoms with Gasteiger partial charge in [-0.1, -0.05) is 25.0 Å². The summed E-state index contributed by atoms with van der Waals surface area (Å²) in [5.74, 6) is 2.23. The Morgan fingerprint density at radius 1 is 1.17 bits per heavy atom. The minimum atomic E-state index is -0.648. The Kier molecular flexibility index (Phi) is 6.93. The van der Waals surface area contributed by atoms with Crippen LogP contribution >= 0.6 is 12.4 Å². The molecule has 0 radical (unpaired) electrons. The number of hydrogen-bond donors (Lipinski definition) is 1. The van der Waals surface area contributed by atoms with Crippen LogP contribution in [-0.4, -0.2) is 33.2 Å². The average molecular weight is 415 g/mol. The molecule has 0 spiro atoms. The molecule has 0 bridgehead atoms. The van der Waals surface area contributed by atoms with Crippen LogP contribution in [0.1, 0.15) is 54.7 Å². The monoisotopic (exact) mass is 414 g/mol. The van der Waals surface area contributed by atoms with Gasteiger partial charge < -0.3 is 14.4 Å². The van der Waals surface area contributed by atoms with E-state index in [1.54, 1.807) is 24.3 Å². The zero-order chi connectivity index (χ0) is 19.5. The molecular weight excluding hydrogens is 388 g/mol. The quantitative estimate of drug-likeness (QED) is 0.566. The highest BCUT2D eigenvalue weighted by molar-refractivity contribution is 5.94. The zero-order valence-corrected chi connectivity index (χ0v) is 17.4. The fourth-order valence-corrected chi connectivity index (χ4v) is 4.02. The van der Waals surface area contributed by atoms with E-state index >= 15 is 0 Å². The van der Waals surface area contributed by atoms with Crippen molar-refractivity contribution >= 4 is 29.2 Å². The molecule has 3 aromatic rings. The molecule has 1 atom stereocenters. The summed E-state index contributed by atoms with van der Waals surface area (Å²) in [4.78, 5) is 16.2.